The monoisotopic (exact) mass is 772 g/mol. The van der Waals surface area contributed by atoms with Crippen LogP contribution in [0.3, 0.4) is 0 Å². The van der Waals surface area contributed by atoms with Gasteiger partial charge in [0.1, 0.15) is 65.4 Å². The van der Waals surface area contributed by atoms with Gasteiger partial charge in [0, 0.05) is 0 Å². The Morgan fingerprint density at radius 3 is 1.09 bits per heavy atom. The van der Waals surface area contributed by atoms with Gasteiger partial charge < -0.3 is 47.7 Å². The average molecular weight is 773 g/mol. The zero-order chi connectivity index (χ0) is 38.6. The average Bonchev–Trinajstić information content (AvgIpc) is 3.21. The highest BCUT2D eigenvalue weighted by molar-refractivity contribution is 7.49. The second-order valence-corrected chi connectivity index (χ2v) is 14.1. The van der Waals surface area contributed by atoms with Gasteiger partial charge in [-0.1, -0.05) is 72.8 Å². The first-order valence-corrected chi connectivity index (χ1v) is 19.1. The van der Waals surface area contributed by atoms with E-state index in [4.69, 9.17) is 42.0 Å². The van der Waals surface area contributed by atoms with E-state index in [2.05, 4.69) is 0 Å². The van der Waals surface area contributed by atoms with E-state index in [1.807, 2.05) is 36.4 Å². The standard InChI is InChI=1S/C42H45O12P/c1-46-32-20-14-29(15-21-32)26-49-39-37(43)40(50-27-30-16-22-33(47-2)23-17-30)42(41(38(39)44)51-28-31-18-24-34(48-3)25-19-31)54-55(45,52-35-10-6-4-7-11-35)53-36-12-8-5-9-13-36/h4-25,37-44H,26-28H2,1-3H3/t37-,38+,39?,40-,41-,42?/m0/s1. The maximum Gasteiger partial charge on any atom is 0.588 e. The highest BCUT2D eigenvalue weighted by Crippen LogP contribution is 2.53. The molecule has 5 aromatic carbocycles. The minimum Gasteiger partial charge on any atom is -0.497 e. The van der Waals surface area contributed by atoms with Crippen molar-refractivity contribution in [1.29, 1.82) is 0 Å². The van der Waals surface area contributed by atoms with Gasteiger partial charge in [0.05, 0.1) is 41.2 Å². The number of hydrogen-bond donors (Lipinski definition) is 2. The van der Waals surface area contributed by atoms with Crippen LogP contribution in [0.15, 0.2) is 133 Å². The Bertz CT molecular complexity index is 1820. The number of phosphoric acid groups is 1. The zero-order valence-electron chi connectivity index (χ0n) is 30.7. The van der Waals surface area contributed by atoms with Crippen LogP contribution in [0.25, 0.3) is 0 Å². The van der Waals surface area contributed by atoms with Gasteiger partial charge in [0.15, 0.2) is 0 Å². The molecule has 0 heterocycles. The number of phosphoric ester groups is 1. The molecule has 13 heteroatoms. The molecule has 0 spiro atoms. The lowest BCUT2D eigenvalue weighted by molar-refractivity contribution is -0.258. The molecule has 0 amide bonds. The zero-order valence-corrected chi connectivity index (χ0v) is 31.6. The molecule has 1 aliphatic rings. The number of benzene rings is 5. The van der Waals surface area contributed by atoms with Gasteiger partial charge in [-0.3, -0.25) is 4.52 Å². The summed E-state index contributed by atoms with van der Waals surface area (Å²) in [6, 6.07) is 38.4. The van der Waals surface area contributed by atoms with Crippen LogP contribution in [-0.4, -0.2) is 68.2 Å². The second-order valence-electron chi connectivity index (χ2n) is 12.7. The summed E-state index contributed by atoms with van der Waals surface area (Å²) in [4.78, 5) is 0. The molecular formula is C42H45O12P. The molecule has 0 bridgehead atoms. The lowest BCUT2D eigenvalue weighted by Gasteiger charge is -2.46. The summed E-state index contributed by atoms with van der Waals surface area (Å²) in [6.45, 7) is 0.000356. The summed E-state index contributed by atoms with van der Waals surface area (Å²) in [5.74, 6) is 2.38. The number of methoxy groups -OCH3 is 3. The predicted octanol–water partition coefficient (Wildman–Crippen LogP) is 7.16. The Hall–Kier alpha value is -4.91. The van der Waals surface area contributed by atoms with Gasteiger partial charge in [-0.2, -0.15) is 0 Å². The van der Waals surface area contributed by atoms with E-state index in [9.17, 15) is 14.8 Å². The van der Waals surface area contributed by atoms with Crippen molar-refractivity contribution in [2.45, 2.75) is 56.4 Å². The molecule has 2 unspecified atom stereocenters. The topological polar surface area (TPSA) is 141 Å². The van der Waals surface area contributed by atoms with Crippen LogP contribution in [-0.2, 0) is 43.1 Å². The van der Waals surface area contributed by atoms with E-state index in [1.54, 1.807) is 118 Å². The third-order valence-electron chi connectivity index (χ3n) is 8.97. The van der Waals surface area contributed by atoms with Crippen LogP contribution in [0.2, 0.25) is 0 Å². The summed E-state index contributed by atoms with van der Waals surface area (Å²) >= 11 is 0. The van der Waals surface area contributed by atoms with Crippen molar-refractivity contribution in [2.75, 3.05) is 21.3 Å². The lowest BCUT2D eigenvalue weighted by atomic mass is 9.84. The highest BCUT2D eigenvalue weighted by atomic mass is 31.2. The Morgan fingerprint density at radius 2 is 0.764 bits per heavy atom. The first kappa shape index (κ1) is 39.8. The molecule has 12 nitrogen and oxygen atoms in total. The van der Waals surface area contributed by atoms with Gasteiger partial charge in [-0.15, -0.1) is 0 Å². The summed E-state index contributed by atoms with van der Waals surface area (Å²) in [5, 5.41) is 24.1. The predicted molar refractivity (Wildman–Crippen MR) is 203 cm³/mol. The molecule has 0 saturated heterocycles. The van der Waals surface area contributed by atoms with E-state index >= 15 is 0 Å². The van der Waals surface area contributed by atoms with Crippen LogP contribution < -0.4 is 23.3 Å². The van der Waals surface area contributed by atoms with Crippen molar-refractivity contribution < 1.29 is 56.8 Å². The van der Waals surface area contributed by atoms with Crippen molar-refractivity contribution in [3.8, 4) is 28.7 Å². The fourth-order valence-electron chi connectivity index (χ4n) is 6.03. The van der Waals surface area contributed by atoms with E-state index in [-0.39, 0.29) is 31.3 Å². The normalized spacial score (nSPS) is 21.0. The largest absolute Gasteiger partial charge is 0.588 e. The molecule has 6 rings (SSSR count). The molecule has 1 saturated carbocycles. The third-order valence-corrected chi connectivity index (χ3v) is 10.3. The van der Waals surface area contributed by atoms with Crippen molar-refractivity contribution in [1.82, 2.24) is 0 Å². The third kappa shape index (κ3) is 10.7. The van der Waals surface area contributed by atoms with E-state index < -0.39 is 44.4 Å². The van der Waals surface area contributed by atoms with Crippen LogP contribution >= 0.6 is 7.82 Å². The number of rotatable bonds is 18. The summed E-state index contributed by atoms with van der Waals surface area (Å²) in [6.07, 6.45) is -8.29. The Balaban J connectivity index is 1.37. The van der Waals surface area contributed by atoms with Crippen LogP contribution in [0.5, 0.6) is 28.7 Å². The van der Waals surface area contributed by atoms with E-state index in [0.717, 1.165) is 16.7 Å². The second kappa shape index (κ2) is 19.1. The number of aliphatic hydroxyl groups is 2. The van der Waals surface area contributed by atoms with Gasteiger partial charge in [-0.25, -0.2) is 4.57 Å². The number of ether oxygens (including phenoxy) is 6. The first-order valence-electron chi connectivity index (χ1n) is 17.6. The molecule has 0 aromatic heterocycles. The van der Waals surface area contributed by atoms with E-state index in [1.165, 1.54) is 0 Å². The number of para-hydroxylation sites is 2. The Morgan fingerprint density at radius 1 is 0.436 bits per heavy atom. The molecule has 55 heavy (non-hydrogen) atoms. The van der Waals surface area contributed by atoms with Crippen molar-refractivity contribution in [3.05, 3.63) is 150 Å². The maximum absolute atomic E-state index is 14.8. The summed E-state index contributed by atoms with van der Waals surface area (Å²) in [5.41, 5.74) is 2.25. The fraction of sp³-hybridized carbons (Fsp3) is 0.286. The van der Waals surface area contributed by atoms with Gasteiger partial charge in [-0.05, 0) is 77.4 Å². The molecule has 5 aromatic rings. The van der Waals surface area contributed by atoms with Crippen molar-refractivity contribution >= 4 is 7.82 Å². The quantitative estimate of drug-likeness (QED) is 0.0874. The summed E-state index contributed by atoms with van der Waals surface area (Å²) < 4.78 is 68.2. The molecule has 6 atom stereocenters. The molecule has 1 aliphatic carbocycles. The number of aliphatic hydroxyl groups excluding tert-OH is 2. The lowest BCUT2D eigenvalue weighted by Crippen LogP contribution is -2.66. The Labute approximate surface area is 320 Å². The summed E-state index contributed by atoms with van der Waals surface area (Å²) in [7, 11) is 0.0883. The van der Waals surface area contributed by atoms with Gasteiger partial charge in [0.25, 0.3) is 0 Å². The molecule has 1 fully saturated rings. The molecule has 2 N–H and O–H groups in total. The fourth-order valence-corrected chi connectivity index (χ4v) is 7.45. The van der Waals surface area contributed by atoms with Crippen LogP contribution in [0.4, 0.5) is 0 Å². The van der Waals surface area contributed by atoms with Gasteiger partial charge >= 0.3 is 7.82 Å². The SMILES string of the molecule is COc1ccc(COC2[C@@H](O)[C@H](OCc3ccc(OC)cc3)C(OP(=O)(Oc3ccccc3)Oc3ccccc3)[C@@H](OCc3ccc(OC)cc3)[C@H]2O)cc1. The molecular weight excluding hydrogens is 727 g/mol. The van der Waals surface area contributed by atoms with Crippen molar-refractivity contribution in [2.24, 2.45) is 0 Å². The minimum absolute atomic E-state index is 0.0124. The number of hydrogen-bond acceptors (Lipinski definition) is 12. The Kier molecular flexibility index (Phi) is 13.8. The van der Waals surface area contributed by atoms with Crippen molar-refractivity contribution in [3.63, 3.8) is 0 Å². The molecule has 290 valence electrons. The van der Waals surface area contributed by atoms with Crippen LogP contribution in [0, 0.1) is 0 Å². The van der Waals surface area contributed by atoms with Crippen LogP contribution in [0.1, 0.15) is 16.7 Å². The minimum atomic E-state index is -4.63. The molecule has 0 aliphatic heterocycles. The molecule has 0 radical (unpaired) electrons. The van der Waals surface area contributed by atoms with Gasteiger partial charge in [0.2, 0.25) is 0 Å². The first-order chi connectivity index (χ1) is 26.8. The smallest absolute Gasteiger partial charge is 0.497 e. The highest BCUT2D eigenvalue weighted by Gasteiger charge is 2.56. The van der Waals surface area contributed by atoms with E-state index in [0.29, 0.717) is 17.2 Å². The maximum atomic E-state index is 14.8.